The van der Waals surface area contributed by atoms with Crippen LogP contribution >= 0.6 is 0 Å². The van der Waals surface area contributed by atoms with Crippen LogP contribution < -0.4 is 10.5 Å². The summed E-state index contributed by atoms with van der Waals surface area (Å²) in [4.78, 5) is 2.25. The van der Waals surface area contributed by atoms with Gasteiger partial charge in [-0.25, -0.2) is 4.39 Å². The van der Waals surface area contributed by atoms with Crippen LogP contribution in [0.15, 0.2) is 36.4 Å². The lowest BCUT2D eigenvalue weighted by atomic mass is 10.1. The quantitative estimate of drug-likeness (QED) is 0.873. The van der Waals surface area contributed by atoms with E-state index in [1.165, 1.54) is 24.3 Å². The van der Waals surface area contributed by atoms with Crippen LogP contribution in [-0.2, 0) is 19.6 Å². The lowest BCUT2D eigenvalue weighted by Crippen LogP contribution is -2.15. The van der Waals surface area contributed by atoms with Crippen molar-refractivity contribution in [2.24, 2.45) is 0 Å². The third-order valence-electron chi connectivity index (χ3n) is 3.71. The summed E-state index contributed by atoms with van der Waals surface area (Å²) in [6.45, 7) is 2.37. The molecule has 0 spiro atoms. The molecule has 0 saturated carbocycles. The summed E-state index contributed by atoms with van der Waals surface area (Å²) in [5.74, 6) is -0.0380. The minimum atomic E-state index is -0.318. The highest BCUT2D eigenvalue weighted by atomic mass is 19.1. The normalized spacial score (nSPS) is 14.3. The molecule has 0 unspecified atom stereocenters. The molecule has 20 heavy (non-hydrogen) atoms. The van der Waals surface area contributed by atoms with Gasteiger partial charge in [-0.1, -0.05) is 18.2 Å². The van der Waals surface area contributed by atoms with Gasteiger partial charge >= 0.3 is 0 Å². The second-order valence-electron chi connectivity index (χ2n) is 5.10. The molecule has 0 atom stereocenters. The van der Waals surface area contributed by atoms with Gasteiger partial charge in [-0.15, -0.1) is 0 Å². The zero-order chi connectivity index (χ0) is 14.1. The predicted octanol–water partition coefficient (Wildman–Crippen LogP) is 2.93. The third-order valence-corrected chi connectivity index (χ3v) is 3.71. The van der Waals surface area contributed by atoms with Crippen molar-refractivity contribution in [1.29, 1.82) is 0 Å². The lowest BCUT2D eigenvalue weighted by Gasteiger charge is -2.15. The number of nitrogens with two attached hydrogens (primary N) is 1. The average Bonchev–Trinajstić information content (AvgIpc) is 2.83. The number of rotatable bonds is 3. The second-order valence-corrected chi connectivity index (χ2v) is 5.10. The molecule has 0 saturated heterocycles. The Morgan fingerprint density at radius 1 is 1.25 bits per heavy atom. The molecular weight excluding hydrogens is 255 g/mol. The number of nitrogens with zero attached hydrogens (tertiary/aromatic N) is 1. The van der Waals surface area contributed by atoms with Gasteiger partial charge in [0.1, 0.15) is 0 Å². The van der Waals surface area contributed by atoms with Crippen molar-refractivity contribution in [3.63, 3.8) is 0 Å². The molecule has 0 aromatic heterocycles. The number of ether oxygens (including phenoxy) is 1. The van der Waals surface area contributed by atoms with E-state index in [1.54, 1.807) is 6.07 Å². The highest BCUT2D eigenvalue weighted by Crippen LogP contribution is 2.29. The smallest absolute Gasteiger partial charge is 0.165 e. The molecule has 0 aliphatic carbocycles. The number of hydrogen-bond donors (Lipinski definition) is 1. The first-order valence-corrected chi connectivity index (χ1v) is 6.58. The number of hydrogen-bond acceptors (Lipinski definition) is 3. The Morgan fingerprint density at radius 3 is 2.80 bits per heavy atom. The van der Waals surface area contributed by atoms with Crippen molar-refractivity contribution in [2.45, 2.75) is 19.6 Å². The zero-order valence-electron chi connectivity index (χ0n) is 11.4. The van der Waals surface area contributed by atoms with Gasteiger partial charge in [0.05, 0.1) is 7.11 Å². The van der Waals surface area contributed by atoms with Gasteiger partial charge in [0.25, 0.3) is 0 Å². The molecule has 3 nitrogen and oxygen atoms in total. The standard InChI is InChI=1S/C16H17FN2O/c1-20-16-6-5-11(7-14(16)17)8-19-9-12-3-2-4-15(18)13(12)10-19/h2-7H,8-10,18H2,1H3. The topological polar surface area (TPSA) is 38.5 Å². The van der Waals surface area contributed by atoms with Gasteiger partial charge in [-0.05, 0) is 34.9 Å². The molecule has 1 heterocycles. The fourth-order valence-corrected chi connectivity index (χ4v) is 2.69. The number of anilines is 1. The Hall–Kier alpha value is -2.07. The van der Waals surface area contributed by atoms with E-state index >= 15 is 0 Å². The number of benzene rings is 2. The lowest BCUT2D eigenvalue weighted by molar-refractivity contribution is 0.275. The van der Waals surface area contributed by atoms with Crippen LogP contribution in [0.3, 0.4) is 0 Å². The maximum absolute atomic E-state index is 13.7. The minimum absolute atomic E-state index is 0.280. The van der Waals surface area contributed by atoms with Crippen molar-refractivity contribution in [3.05, 3.63) is 58.9 Å². The second kappa shape index (κ2) is 5.13. The van der Waals surface area contributed by atoms with Gasteiger partial charge < -0.3 is 10.5 Å². The fraction of sp³-hybridized carbons (Fsp3) is 0.250. The summed E-state index contributed by atoms with van der Waals surface area (Å²) in [6.07, 6.45) is 0. The van der Waals surface area contributed by atoms with Gasteiger partial charge in [0, 0.05) is 25.3 Å². The van der Waals surface area contributed by atoms with E-state index in [1.807, 2.05) is 18.2 Å². The summed E-state index contributed by atoms with van der Waals surface area (Å²) in [5, 5.41) is 0. The monoisotopic (exact) mass is 272 g/mol. The summed E-state index contributed by atoms with van der Waals surface area (Å²) >= 11 is 0. The summed E-state index contributed by atoms with van der Waals surface area (Å²) in [7, 11) is 1.47. The Balaban J connectivity index is 1.75. The Bertz CT molecular complexity index is 642. The average molecular weight is 272 g/mol. The van der Waals surface area contributed by atoms with Crippen molar-refractivity contribution in [1.82, 2.24) is 4.90 Å². The Morgan fingerprint density at radius 2 is 2.10 bits per heavy atom. The first-order valence-electron chi connectivity index (χ1n) is 6.58. The number of nitrogen functional groups attached to an aromatic ring is 1. The van der Waals surface area contributed by atoms with E-state index in [4.69, 9.17) is 10.5 Å². The van der Waals surface area contributed by atoms with E-state index in [-0.39, 0.29) is 11.6 Å². The molecule has 0 fully saturated rings. The maximum Gasteiger partial charge on any atom is 0.165 e. The van der Waals surface area contributed by atoms with Crippen molar-refractivity contribution in [3.8, 4) is 5.75 Å². The third kappa shape index (κ3) is 2.34. The summed E-state index contributed by atoms with van der Waals surface area (Å²) < 4.78 is 18.6. The van der Waals surface area contributed by atoms with Crippen molar-refractivity contribution < 1.29 is 9.13 Å². The van der Waals surface area contributed by atoms with Crippen LogP contribution in [0.25, 0.3) is 0 Å². The molecule has 0 bridgehead atoms. The SMILES string of the molecule is COc1ccc(CN2Cc3cccc(N)c3C2)cc1F. The zero-order valence-corrected chi connectivity index (χ0v) is 11.4. The van der Waals surface area contributed by atoms with Crippen LogP contribution in [-0.4, -0.2) is 12.0 Å². The van der Waals surface area contributed by atoms with Gasteiger partial charge in [-0.2, -0.15) is 0 Å². The van der Waals surface area contributed by atoms with E-state index in [0.29, 0.717) is 6.54 Å². The van der Waals surface area contributed by atoms with Crippen LogP contribution in [0, 0.1) is 5.82 Å². The molecular formula is C16H17FN2O. The highest BCUT2D eigenvalue weighted by molar-refractivity contribution is 5.52. The molecule has 1 aliphatic heterocycles. The highest BCUT2D eigenvalue weighted by Gasteiger charge is 2.20. The van der Waals surface area contributed by atoms with Crippen molar-refractivity contribution in [2.75, 3.05) is 12.8 Å². The van der Waals surface area contributed by atoms with Gasteiger partial charge in [-0.3, -0.25) is 4.90 Å². The molecule has 1 aliphatic rings. The number of halogens is 1. The molecule has 2 aromatic carbocycles. The molecule has 0 amide bonds. The van der Waals surface area contributed by atoms with E-state index in [0.717, 1.165) is 24.3 Å². The molecule has 104 valence electrons. The van der Waals surface area contributed by atoms with E-state index in [9.17, 15) is 4.39 Å². The summed E-state index contributed by atoms with van der Waals surface area (Å²) in [5.41, 5.74) is 10.2. The first kappa shape index (κ1) is 12.9. The molecule has 3 rings (SSSR count). The first-order chi connectivity index (χ1) is 9.67. The fourth-order valence-electron chi connectivity index (χ4n) is 2.69. The summed E-state index contributed by atoms with van der Waals surface area (Å²) in [6, 6.07) is 11.1. The minimum Gasteiger partial charge on any atom is -0.494 e. The van der Waals surface area contributed by atoms with Crippen LogP contribution in [0.4, 0.5) is 10.1 Å². The molecule has 2 N–H and O–H groups in total. The van der Waals surface area contributed by atoms with Crippen molar-refractivity contribution >= 4 is 5.69 Å². The van der Waals surface area contributed by atoms with E-state index in [2.05, 4.69) is 11.0 Å². The van der Waals surface area contributed by atoms with Crippen LogP contribution in [0.1, 0.15) is 16.7 Å². The molecule has 0 radical (unpaired) electrons. The molecule has 2 aromatic rings. The van der Waals surface area contributed by atoms with Crippen LogP contribution in [0.2, 0.25) is 0 Å². The Labute approximate surface area is 117 Å². The molecule has 4 heteroatoms. The van der Waals surface area contributed by atoms with E-state index < -0.39 is 0 Å². The van der Waals surface area contributed by atoms with Gasteiger partial charge in [0.2, 0.25) is 0 Å². The number of fused-ring (bicyclic) bond motifs is 1. The maximum atomic E-state index is 13.7. The van der Waals surface area contributed by atoms with Crippen LogP contribution in [0.5, 0.6) is 5.75 Å². The van der Waals surface area contributed by atoms with Gasteiger partial charge in [0.15, 0.2) is 11.6 Å². The Kier molecular flexibility index (Phi) is 3.32. The predicted molar refractivity (Wildman–Crippen MR) is 76.8 cm³/mol. The number of methoxy groups -OCH3 is 1. The largest absolute Gasteiger partial charge is 0.494 e.